The molecule has 3 N–H and O–H groups in total. The van der Waals surface area contributed by atoms with Crippen LogP contribution in [-0.4, -0.2) is 18.7 Å². The second kappa shape index (κ2) is 8.01. The molecular weight excluding hydrogens is 306 g/mol. The summed E-state index contributed by atoms with van der Waals surface area (Å²) in [6.07, 6.45) is 0. The van der Waals surface area contributed by atoms with Gasteiger partial charge in [0.15, 0.2) is 6.73 Å². The first-order valence-electron chi connectivity index (χ1n) is 7.56. The molecule has 0 bridgehead atoms. The van der Waals surface area contributed by atoms with Crippen LogP contribution in [0.4, 0.5) is 16.2 Å². The number of urea groups is 1. The van der Waals surface area contributed by atoms with E-state index in [9.17, 15) is 9.59 Å². The summed E-state index contributed by atoms with van der Waals surface area (Å²) in [5.41, 5.74) is 3.36. The van der Waals surface area contributed by atoms with Crippen molar-refractivity contribution in [2.45, 2.75) is 20.8 Å². The summed E-state index contributed by atoms with van der Waals surface area (Å²) < 4.78 is 5.55. The van der Waals surface area contributed by atoms with Gasteiger partial charge in [0.1, 0.15) is 5.75 Å². The van der Waals surface area contributed by atoms with E-state index in [1.165, 1.54) is 6.92 Å². The summed E-state index contributed by atoms with van der Waals surface area (Å²) in [6.45, 7) is 5.45. The Morgan fingerprint density at radius 1 is 1.00 bits per heavy atom. The molecule has 0 saturated carbocycles. The highest BCUT2D eigenvalue weighted by atomic mass is 16.5. The summed E-state index contributed by atoms with van der Waals surface area (Å²) in [4.78, 5) is 22.9. The molecule has 0 aliphatic rings. The lowest BCUT2D eigenvalue weighted by molar-refractivity contribution is -0.114. The summed E-state index contributed by atoms with van der Waals surface area (Å²) in [5, 5.41) is 7.96. The van der Waals surface area contributed by atoms with Crippen molar-refractivity contribution in [2.75, 3.05) is 17.4 Å². The number of carbonyl (C=O) groups is 2. The number of anilines is 2. The fourth-order valence-electron chi connectivity index (χ4n) is 2.19. The first-order chi connectivity index (χ1) is 11.4. The molecule has 0 unspecified atom stereocenters. The van der Waals surface area contributed by atoms with E-state index in [1.807, 2.05) is 32.0 Å². The van der Waals surface area contributed by atoms with Gasteiger partial charge in [-0.1, -0.05) is 23.8 Å². The lowest BCUT2D eigenvalue weighted by atomic mass is 10.1. The molecule has 0 aliphatic carbocycles. The van der Waals surface area contributed by atoms with Gasteiger partial charge in [0.05, 0.1) is 0 Å². The van der Waals surface area contributed by atoms with E-state index in [0.717, 1.165) is 16.9 Å². The minimum atomic E-state index is -0.389. The fourth-order valence-corrected chi connectivity index (χ4v) is 2.19. The van der Waals surface area contributed by atoms with Crippen molar-refractivity contribution in [1.29, 1.82) is 0 Å². The summed E-state index contributed by atoms with van der Waals surface area (Å²) in [5.74, 6) is 0.562. The Labute approximate surface area is 141 Å². The highest BCUT2D eigenvalue weighted by Crippen LogP contribution is 2.18. The Morgan fingerprint density at radius 2 is 1.71 bits per heavy atom. The van der Waals surface area contributed by atoms with Crippen LogP contribution in [0.5, 0.6) is 5.75 Å². The molecule has 6 heteroatoms. The van der Waals surface area contributed by atoms with E-state index in [0.29, 0.717) is 11.4 Å². The minimum Gasteiger partial charge on any atom is -0.473 e. The molecule has 0 heterocycles. The van der Waals surface area contributed by atoms with Crippen molar-refractivity contribution in [2.24, 2.45) is 0 Å². The monoisotopic (exact) mass is 327 g/mol. The van der Waals surface area contributed by atoms with Gasteiger partial charge >= 0.3 is 6.03 Å². The van der Waals surface area contributed by atoms with Crippen LogP contribution in [0.25, 0.3) is 0 Å². The zero-order valence-electron chi connectivity index (χ0n) is 14.0. The van der Waals surface area contributed by atoms with E-state index < -0.39 is 0 Å². The largest absolute Gasteiger partial charge is 0.473 e. The van der Waals surface area contributed by atoms with E-state index in [4.69, 9.17) is 4.74 Å². The van der Waals surface area contributed by atoms with Crippen molar-refractivity contribution >= 4 is 23.3 Å². The third-order valence-electron chi connectivity index (χ3n) is 3.23. The standard InChI is InChI=1S/C18H21N3O3/c1-12-7-8-17(13(2)9-12)24-11-19-18(23)21-16-6-4-5-15(10-16)20-14(3)22/h4-10H,11H2,1-3H3,(H,20,22)(H2,19,21,23). The zero-order chi connectivity index (χ0) is 17.5. The summed E-state index contributed by atoms with van der Waals surface area (Å²) >= 11 is 0. The molecule has 126 valence electrons. The molecule has 0 aliphatic heterocycles. The molecule has 0 radical (unpaired) electrons. The Hall–Kier alpha value is -3.02. The van der Waals surface area contributed by atoms with Gasteiger partial charge < -0.3 is 20.7 Å². The molecule has 6 nitrogen and oxygen atoms in total. The van der Waals surface area contributed by atoms with Gasteiger partial charge in [-0.05, 0) is 43.7 Å². The van der Waals surface area contributed by atoms with E-state index >= 15 is 0 Å². The minimum absolute atomic E-state index is 0.0567. The van der Waals surface area contributed by atoms with Gasteiger partial charge in [0.2, 0.25) is 5.91 Å². The lowest BCUT2D eigenvalue weighted by Crippen LogP contribution is -2.32. The van der Waals surface area contributed by atoms with Crippen LogP contribution in [0.15, 0.2) is 42.5 Å². The van der Waals surface area contributed by atoms with Gasteiger partial charge in [-0.15, -0.1) is 0 Å². The number of amides is 3. The molecule has 24 heavy (non-hydrogen) atoms. The second-order valence-electron chi connectivity index (χ2n) is 5.45. The molecule has 0 fully saturated rings. The van der Waals surface area contributed by atoms with Crippen molar-refractivity contribution < 1.29 is 14.3 Å². The van der Waals surface area contributed by atoms with Crippen molar-refractivity contribution in [3.63, 3.8) is 0 Å². The van der Waals surface area contributed by atoms with Crippen molar-refractivity contribution in [1.82, 2.24) is 5.32 Å². The van der Waals surface area contributed by atoms with Gasteiger partial charge in [-0.25, -0.2) is 4.79 Å². The maximum Gasteiger partial charge on any atom is 0.321 e. The second-order valence-corrected chi connectivity index (χ2v) is 5.45. The SMILES string of the molecule is CC(=O)Nc1cccc(NC(=O)NCOc2ccc(C)cc2C)c1. The molecule has 0 spiro atoms. The average molecular weight is 327 g/mol. The highest BCUT2D eigenvalue weighted by Gasteiger charge is 2.04. The highest BCUT2D eigenvalue weighted by molar-refractivity contribution is 5.92. The van der Waals surface area contributed by atoms with Crippen LogP contribution < -0.4 is 20.7 Å². The molecule has 2 aromatic rings. The number of carbonyl (C=O) groups excluding carboxylic acids is 2. The quantitative estimate of drug-likeness (QED) is 0.736. The number of hydrogen-bond acceptors (Lipinski definition) is 3. The van der Waals surface area contributed by atoms with Crippen LogP contribution in [0, 0.1) is 13.8 Å². The van der Waals surface area contributed by atoms with E-state index in [1.54, 1.807) is 24.3 Å². The normalized spacial score (nSPS) is 9.96. The lowest BCUT2D eigenvalue weighted by Gasteiger charge is -2.12. The van der Waals surface area contributed by atoms with Gasteiger partial charge in [-0.3, -0.25) is 4.79 Å². The van der Waals surface area contributed by atoms with E-state index in [-0.39, 0.29) is 18.7 Å². The number of aryl methyl sites for hydroxylation is 2. The Kier molecular flexibility index (Phi) is 5.78. The van der Waals surface area contributed by atoms with Gasteiger partial charge in [0.25, 0.3) is 0 Å². The first-order valence-corrected chi connectivity index (χ1v) is 7.56. The van der Waals surface area contributed by atoms with Crippen LogP contribution >= 0.6 is 0 Å². The van der Waals surface area contributed by atoms with Gasteiger partial charge in [0, 0.05) is 18.3 Å². The smallest absolute Gasteiger partial charge is 0.321 e. The molecule has 2 aromatic carbocycles. The fraction of sp³-hybridized carbons (Fsp3) is 0.222. The maximum atomic E-state index is 11.9. The summed E-state index contributed by atoms with van der Waals surface area (Å²) in [6, 6.07) is 12.3. The number of hydrogen-bond donors (Lipinski definition) is 3. The predicted octanol–water partition coefficient (Wildman–Crippen LogP) is 3.42. The van der Waals surface area contributed by atoms with Crippen LogP contribution in [0.1, 0.15) is 18.1 Å². The van der Waals surface area contributed by atoms with E-state index in [2.05, 4.69) is 16.0 Å². The number of rotatable bonds is 5. The third kappa shape index (κ3) is 5.31. The van der Waals surface area contributed by atoms with Crippen LogP contribution in [0.2, 0.25) is 0 Å². The molecule has 3 amide bonds. The van der Waals surface area contributed by atoms with Crippen LogP contribution in [-0.2, 0) is 4.79 Å². The first kappa shape index (κ1) is 17.3. The molecular formula is C18H21N3O3. The maximum absolute atomic E-state index is 11.9. The number of nitrogens with one attached hydrogen (secondary N) is 3. The third-order valence-corrected chi connectivity index (χ3v) is 3.23. The Balaban J connectivity index is 1.84. The molecule has 2 rings (SSSR count). The predicted molar refractivity (Wildman–Crippen MR) is 94.3 cm³/mol. The molecule has 0 atom stereocenters. The van der Waals surface area contributed by atoms with Crippen molar-refractivity contribution in [3.05, 3.63) is 53.6 Å². The topological polar surface area (TPSA) is 79.5 Å². The number of ether oxygens (including phenoxy) is 1. The number of benzene rings is 2. The van der Waals surface area contributed by atoms with Crippen molar-refractivity contribution in [3.8, 4) is 5.75 Å². The Morgan fingerprint density at radius 3 is 2.38 bits per heavy atom. The Bertz CT molecular complexity index is 744. The van der Waals surface area contributed by atoms with Crippen LogP contribution in [0.3, 0.4) is 0 Å². The zero-order valence-corrected chi connectivity index (χ0v) is 14.0. The summed E-state index contributed by atoms with van der Waals surface area (Å²) in [7, 11) is 0. The molecule has 0 aromatic heterocycles. The molecule has 0 saturated heterocycles. The average Bonchev–Trinajstić information content (AvgIpc) is 2.49. The van der Waals surface area contributed by atoms with Gasteiger partial charge in [-0.2, -0.15) is 0 Å².